The quantitative estimate of drug-likeness (QED) is 0.671. The van der Waals surface area contributed by atoms with Crippen molar-refractivity contribution in [1.82, 2.24) is 15.2 Å². The van der Waals surface area contributed by atoms with Crippen molar-refractivity contribution in [3.63, 3.8) is 0 Å². The molecule has 0 radical (unpaired) electrons. The summed E-state index contributed by atoms with van der Waals surface area (Å²) in [7, 11) is 0. The van der Waals surface area contributed by atoms with Crippen LogP contribution in [0.4, 0.5) is 0 Å². The number of nitrogens with one attached hydrogen (secondary N) is 2. The van der Waals surface area contributed by atoms with E-state index >= 15 is 0 Å². The molecule has 1 aliphatic heterocycles. The van der Waals surface area contributed by atoms with Gasteiger partial charge in [-0.05, 0) is 30.2 Å². The van der Waals surface area contributed by atoms with Crippen molar-refractivity contribution < 1.29 is 9.59 Å². The zero-order valence-corrected chi connectivity index (χ0v) is 17.3. The van der Waals surface area contributed by atoms with Crippen LogP contribution in [0.2, 0.25) is 5.02 Å². The van der Waals surface area contributed by atoms with E-state index in [1.807, 2.05) is 48.2 Å². The molecule has 6 heteroatoms. The third-order valence-electron chi connectivity index (χ3n) is 5.75. The van der Waals surface area contributed by atoms with Crippen LogP contribution < -0.4 is 5.32 Å². The monoisotopic (exact) mass is 409 g/mol. The number of carbonyl (C=O) groups is 2. The van der Waals surface area contributed by atoms with E-state index in [4.69, 9.17) is 11.6 Å². The Hall–Kier alpha value is -2.79. The molecule has 1 aliphatic rings. The summed E-state index contributed by atoms with van der Waals surface area (Å²) >= 11 is 6.56. The summed E-state index contributed by atoms with van der Waals surface area (Å²) in [6.45, 7) is 4.31. The molecule has 2 unspecified atom stereocenters. The van der Waals surface area contributed by atoms with Gasteiger partial charge in [-0.2, -0.15) is 0 Å². The number of H-pyrrole nitrogens is 1. The number of aromatic nitrogens is 1. The molecular weight excluding hydrogens is 386 g/mol. The Morgan fingerprint density at radius 1 is 1.17 bits per heavy atom. The number of aromatic amines is 1. The topological polar surface area (TPSA) is 65.2 Å². The highest BCUT2D eigenvalue weighted by Crippen LogP contribution is 2.44. The lowest BCUT2D eigenvalue weighted by Gasteiger charge is -2.38. The first-order valence-electron chi connectivity index (χ1n) is 9.92. The summed E-state index contributed by atoms with van der Waals surface area (Å²) in [5, 5.41) is 4.55. The van der Waals surface area contributed by atoms with E-state index in [0.717, 1.165) is 22.2 Å². The van der Waals surface area contributed by atoms with Crippen LogP contribution >= 0.6 is 11.6 Å². The highest BCUT2D eigenvalue weighted by Gasteiger charge is 2.37. The first-order valence-corrected chi connectivity index (χ1v) is 10.3. The normalized spacial score (nSPS) is 18.5. The maximum atomic E-state index is 13.0. The third kappa shape index (κ3) is 3.51. The van der Waals surface area contributed by atoms with E-state index in [0.29, 0.717) is 18.0 Å². The lowest BCUT2D eigenvalue weighted by atomic mass is 9.83. The summed E-state index contributed by atoms with van der Waals surface area (Å²) in [4.78, 5) is 30.0. The van der Waals surface area contributed by atoms with Crippen molar-refractivity contribution in [2.45, 2.75) is 32.2 Å². The predicted octanol–water partition coefficient (Wildman–Crippen LogP) is 4.38. The van der Waals surface area contributed by atoms with Crippen LogP contribution in [0.3, 0.4) is 0 Å². The van der Waals surface area contributed by atoms with Crippen molar-refractivity contribution >= 4 is 34.3 Å². The molecule has 0 saturated heterocycles. The zero-order valence-electron chi connectivity index (χ0n) is 16.5. The van der Waals surface area contributed by atoms with Gasteiger partial charge in [-0.15, -0.1) is 0 Å². The molecule has 2 atom stereocenters. The molecule has 2 N–H and O–H groups in total. The summed E-state index contributed by atoms with van der Waals surface area (Å²) in [5.74, 6) is -0.269. The zero-order chi connectivity index (χ0) is 20.5. The summed E-state index contributed by atoms with van der Waals surface area (Å²) < 4.78 is 0. The number of para-hydroxylation sites is 1. The molecule has 0 spiro atoms. The Balaban J connectivity index is 1.79. The van der Waals surface area contributed by atoms with Crippen molar-refractivity contribution in [1.29, 1.82) is 0 Å². The first kappa shape index (κ1) is 19.5. The van der Waals surface area contributed by atoms with Crippen molar-refractivity contribution in [2.75, 3.05) is 13.1 Å². The van der Waals surface area contributed by atoms with Gasteiger partial charge < -0.3 is 15.2 Å². The highest BCUT2D eigenvalue weighted by molar-refractivity contribution is 6.31. The van der Waals surface area contributed by atoms with E-state index in [1.54, 1.807) is 6.92 Å². The molecule has 2 aromatic carbocycles. The number of fused-ring (bicyclic) bond motifs is 3. The SMILES string of the molecule is CCC(=O)NCC(=O)N1CC(c2ccccc2Cl)c2c([nH]c3ccccc23)C1C. The minimum atomic E-state index is -0.128. The molecule has 0 aliphatic carbocycles. The minimum Gasteiger partial charge on any atom is -0.356 e. The molecule has 3 aromatic rings. The predicted molar refractivity (Wildman–Crippen MR) is 115 cm³/mol. The first-order chi connectivity index (χ1) is 14.0. The van der Waals surface area contributed by atoms with E-state index in [-0.39, 0.29) is 30.3 Å². The molecule has 150 valence electrons. The number of hydrogen-bond donors (Lipinski definition) is 2. The molecule has 2 amide bonds. The molecule has 0 saturated carbocycles. The smallest absolute Gasteiger partial charge is 0.242 e. The van der Waals surface area contributed by atoms with Gasteiger partial charge in [0.2, 0.25) is 11.8 Å². The number of nitrogens with zero attached hydrogens (tertiary/aromatic N) is 1. The molecule has 0 bridgehead atoms. The van der Waals surface area contributed by atoms with E-state index in [1.165, 1.54) is 5.56 Å². The van der Waals surface area contributed by atoms with Gasteiger partial charge in [0.25, 0.3) is 0 Å². The molecule has 0 fully saturated rings. The highest BCUT2D eigenvalue weighted by atomic mass is 35.5. The average molecular weight is 410 g/mol. The van der Waals surface area contributed by atoms with Crippen LogP contribution in [0.5, 0.6) is 0 Å². The average Bonchev–Trinajstić information content (AvgIpc) is 3.13. The minimum absolute atomic E-state index is 0.00180. The molecule has 1 aromatic heterocycles. The Labute approximate surface area is 175 Å². The van der Waals surface area contributed by atoms with Crippen LogP contribution in [0.15, 0.2) is 48.5 Å². The van der Waals surface area contributed by atoms with Gasteiger partial charge in [-0.3, -0.25) is 9.59 Å². The van der Waals surface area contributed by atoms with Crippen LogP contribution in [-0.2, 0) is 9.59 Å². The fraction of sp³-hybridized carbons (Fsp3) is 0.304. The fourth-order valence-corrected chi connectivity index (χ4v) is 4.49. The van der Waals surface area contributed by atoms with Crippen molar-refractivity contribution in [3.05, 3.63) is 70.4 Å². The Kier molecular flexibility index (Phi) is 5.33. The second-order valence-corrected chi connectivity index (χ2v) is 7.83. The maximum Gasteiger partial charge on any atom is 0.242 e. The second-order valence-electron chi connectivity index (χ2n) is 7.42. The van der Waals surface area contributed by atoms with Crippen molar-refractivity contribution in [3.8, 4) is 0 Å². The third-order valence-corrected chi connectivity index (χ3v) is 6.09. The second kappa shape index (κ2) is 7.91. The summed E-state index contributed by atoms with van der Waals surface area (Å²) in [6, 6.07) is 15.9. The number of rotatable bonds is 4. The van der Waals surface area contributed by atoms with Gasteiger partial charge in [-0.1, -0.05) is 54.9 Å². The van der Waals surface area contributed by atoms with Crippen LogP contribution in [0, 0.1) is 0 Å². The molecule has 4 rings (SSSR count). The van der Waals surface area contributed by atoms with E-state index < -0.39 is 0 Å². The largest absolute Gasteiger partial charge is 0.356 e. The lowest BCUT2D eigenvalue weighted by Crippen LogP contribution is -2.45. The molecular formula is C23H24ClN3O2. The Bertz CT molecular complexity index is 1070. The van der Waals surface area contributed by atoms with Gasteiger partial charge in [0, 0.05) is 40.5 Å². The van der Waals surface area contributed by atoms with Crippen LogP contribution in [-0.4, -0.2) is 34.8 Å². The molecule has 2 heterocycles. The fourth-order valence-electron chi connectivity index (χ4n) is 4.22. The van der Waals surface area contributed by atoms with E-state index in [2.05, 4.69) is 22.4 Å². The van der Waals surface area contributed by atoms with Gasteiger partial charge in [-0.25, -0.2) is 0 Å². The van der Waals surface area contributed by atoms with Gasteiger partial charge in [0.15, 0.2) is 0 Å². The Morgan fingerprint density at radius 2 is 1.90 bits per heavy atom. The summed E-state index contributed by atoms with van der Waals surface area (Å²) in [5.41, 5.74) is 4.28. The van der Waals surface area contributed by atoms with Crippen LogP contribution in [0.25, 0.3) is 10.9 Å². The number of hydrogen-bond acceptors (Lipinski definition) is 2. The number of amides is 2. The summed E-state index contributed by atoms with van der Waals surface area (Å²) in [6.07, 6.45) is 0.358. The molecule has 5 nitrogen and oxygen atoms in total. The number of halogens is 1. The Morgan fingerprint density at radius 3 is 2.66 bits per heavy atom. The van der Waals surface area contributed by atoms with Gasteiger partial charge >= 0.3 is 0 Å². The molecule has 29 heavy (non-hydrogen) atoms. The number of benzene rings is 2. The maximum absolute atomic E-state index is 13.0. The van der Waals surface area contributed by atoms with Gasteiger partial charge in [0.1, 0.15) is 0 Å². The van der Waals surface area contributed by atoms with E-state index in [9.17, 15) is 9.59 Å². The number of carbonyl (C=O) groups excluding carboxylic acids is 2. The standard InChI is InChI=1S/C23H24ClN3O2/c1-3-20(28)25-12-21(29)27-13-17(15-8-4-6-10-18(15)24)22-16-9-5-7-11-19(16)26-23(22)14(27)2/h4-11,14,17,26H,3,12-13H2,1-2H3,(H,25,28). The van der Waals surface area contributed by atoms with Crippen molar-refractivity contribution in [2.24, 2.45) is 0 Å². The van der Waals surface area contributed by atoms with Gasteiger partial charge in [0.05, 0.1) is 12.6 Å². The van der Waals surface area contributed by atoms with Crippen LogP contribution in [0.1, 0.15) is 49.0 Å². The lowest BCUT2D eigenvalue weighted by molar-refractivity contribution is -0.135.